The minimum atomic E-state index is -2.81. The molecule has 0 amide bonds. The number of rotatable bonds is 7. The topological polar surface area (TPSA) is 247 Å². The van der Waals surface area contributed by atoms with Crippen LogP contribution in [-0.2, 0) is 61.9 Å². The molecular formula is C41H47NO17. The van der Waals surface area contributed by atoms with E-state index in [1.807, 2.05) is 0 Å². The predicted octanol–water partition coefficient (Wildman–Crippen LogP) is 1.76. The number of carbonyl (C=O) groups is 7. The van der Waals surface area contributed by atoms with E-state index in [0.717, 1.165) is 34.6 Å². The normalized spacial score (nSPS) is 37.4. The van der Waals surface area contributed by atoms with Gasteiger partial charge >= 0.3 is 41.8 Å². The summed E-state index contributed by atoms with van der Waals surface area (Å²) in [5, 5.41) is 26.3. The standard InChI is InChI=1S/C41H47NO17/c1-19-20(2)35(48)58-32-30(54-22(4)44)34(56-24(6)46)40(18-52-21(3)43)33(55-23(5)45)29(57-36(49)25-13-10-9-11-14-25)27-31(47)41(40,39(32,8)51)59-38(27,7)17-53-37(50)26-15-12-16-42-28(19)26/h9-16,19-20,27,29-34,47,51H,17-18H2,1-8H3/t19-,20+,27+,29-,30-,31+,32-,33+,34-,38-,39-,40+,41-/m0/s1. The molecule has 3 heterocycles. The summed E-state index contributed by atoms with van der Waals surface area (Å²) in [4.78, 5) is 99.2. The number of fused-ring (bicyclic) bond motifs is 5. The molecule has 318 valence electrons. The van der Waals surface area contributed by atoms with Crippen LogP contribution in [-0.4, -0.2) is 124 Å². The zero-order valence-corrected chi connectivity index (χ0v) is 33.7. The number of aliphatic hydroxyl groups excluding tert-OH is 1. The Morgan fingerprint density at radius 3 is 2.02 bits per heavy atom. The lowest BCUT2D eigenvalue weighted by Gasteiger charge is -2.67. The molecule has 2 saturated carbocycles. The lowest BCUT2D eigenvalue weighted by atomic mass is 9.45. The van der Waals surface area contributed by atoms with E-state index < -0.39 is 132 Å². The van der Waals surface area contributed by atoms with Gasteiger partial charge in [0, 0.05) is 39.8 Å². The summed E-state index contributed by atoms with van der Waals surface area (Å²) >= 11 is 0. The second-order valence-corrected chi connectivity index (χ2v) is 15.9. The van der Waals surface area contributed by atoms with Crippen molar-refractivity contribution >= 4 is 41.8 Å². The summed E-state index contributed by atoms with van der Waals surface area (Å²) in [6.07, 6.45) is -10.8. The maximum Gasteiger partial charge on any atom is 0.340 e. The number of carbonyl (C=O) groups excluding carboxylic acids is 7. The van der Waals surface area contributed by atoms with Gasteiger partial charge in [-0.05, 0) is 38.1 Å². The van der Waals surface area contributed by atoms with Crippen LogP contribution in [0.4, 0.5) is 0 Å². The number of pyridine rings is 1. The quantitative estimate of drug-likeness (QED) is 0.298. The molecule has 4 bridgehead atoms. The van der Waals surface area contributed by atoms with Crippen LogP contribution in [0.5, 0.6) is 0 Å². The Labute approximate surface area is 338 Å². The van der Waals surface area contributed by atoms with Crippen molar-refractivity contribution in [3.63, 3.8) is 0 Å². The Morgan fingerprint density at radius 2 is 1.42 bits per heavy atom. The Balaban J connectivity index is 1.74. The second-order valence-electron chi connectivity index (χ2n) is 15.9. The second kappa shape index (κ2) is 15.6. The van der Waals surface area contributed by atoms with E-state index in [2.05, 4.69) is 4.98 Å². The minimum absolute atomic E-state index is 0.00386. The van der Waals surface area contributed by atoms with E-state index in [-0.39, 0.29) is 16.8 Å². The molecule has 0 radical (unpaired) electrons. The molecule has 18 heteroatoms. The Morgan fingerprint density at radius 1 is 0.814 bits per heavy atom. The van der Waals surface area contributed by atoms with Crippen LogP contribution < -0.4 is 0 Å². The maximum absolute atomic E-state index is 14.3. The van der Waals surface area contributed by atoms with Crippen molar-refractivity contribution in [1.29, 1.82) is 0 Å². The summed E-state index contributed by atoms with van der Waals surface area (Å²) in [7, 11) is 0. The van der Waals surface area contributed by atoms with Crippen molar-refractivity contribution in [3.8, 4) is 0 Å². The molecule has 59 heavy (non-hydrogen) atoms. The maximum atomic E-state index is 14.3. The average Bonchev–Trinajstić information content (AvgIpc) is 3.37. The van der Waals surface area contributed by atoms with Gasteiger partial charge in [0.05, 0.1) is 34.8 Å². The van der Waals surface area contributed by atoms with Crippen molar-refractivity contribution in [1.82, 2.24) is 4.98 Å². The highest BCUT2D eigenvalue weighted by Crippen LogP contribution is 2.69. The van der Waals surface area contributed by atoms with Crippen LogP contribution in [0.3, 0.4) is 0 Å². The molecule has 1 aromatic carbocycles. The number of aliphatic hydroxyl groups is 2. The molecule has 0 unspecified atom stereocenters. The van der Waals surface area contributed by atoms with Gasteiger partial charge in [0.2, 0.25) is 0 Å². The summed E-state index contributed by atoms with van der Waals surface area (Å²) in [5.74, 6) is -10.7. The predicted molar refractivity (Wildman–Crippen MR) is 196 cm³/mol. The molecule has 1 spiro atoms. The summed E-state index contributed by atoms with van der Waals surface area (Å²) in [6.45, 7) is 7.71. The molecule has 2 aromatic rings. The number of nitrogens with zero attached hydrogens (tertiary/aromatic N) is 1. The molecular weight excluding hydrogens is 778 g/mol. The van der Waals surface area contributed by atoms with Gasteiger partial charge in [0.15, 0.2) is 24.4 Å². The molecule has 18 nitrogen and oxygen atoms in total. The van der Waals surface area contributed by atoms with Gasteiger partial charge in [0.25, 0.3) is 0 Å². The van der Waals surface area contributed by atoms with Crippen molar-refractivity contribution < 1.29 is 81.7 Å². The van der Waals surface area contributed by atoms with Crippen LogP contribution in [0.2, 0.25) is 0 Å². The van der Waals surface area contributed by atoms with Crippen LogP contribution in [0.1, 0.15) is 87.7 Å². The Hall–Kier alpha value is -5.46. The van der Waals surface area contributed by atoms with Gasteiger partial charge in [-0.1, -0.05) is 32.0 Å². The van der Waals surface area contributed by atoms with E-state index in [4.69, 9.17) is 37.9 Å². The fourth-order valence-electron chi connectivity index (χ4n) is 9.53. The molecule has 2 aliphatic carbocycles. The third-order valence-electron chi connectivity index (χ3n) is 12.1. The third-order valence-corrected chi connectivity index (χ3v) is 12.1. The van der Waals surface area contributed by atoms with Crippen molar-refractivity contribution in [2.24, 2.45) is 17.3 Å². The molecule has 2 N–H and O–H groups in total. The smallest absolute Gasteiger partial charge is 0.340 e. The highest BCUT2D eigenvalue weighted by atomic mass is 16.7. The highest BCUT2D eigenvalue weighted by molar-refractivity contribution is 5.91. The number of cyclic esters (lactones) is 1. The first-order valence-corrected chi connectivity index (χ1v) is 19.0. The molecule has 1 aromatic heterocycles. The largest absolute Gasteiger partial charge is 0.465 e. The van der Waals surface area contributed by atoms with Crippen molar-refractivity contribution in [3.05, 3.63) is 65.5 Å². The zero-order chi connectivity index (χ0) is 43.4. The van der Waals surface area contributed by atoms with Gasteiger partial charge in [0.1, 0.15) is 41.5 Å². The zero-order valence-electron chi connectivity index (χ0n) is 33.7. The fourth-order valence-corrected chi connectivity index (χ4v) is 9.53. The number of esters is 7. The molecule has 6 rings (SSSR count). The van der Waals surface area contributed by atoms with Gasteiger partial charge in [-0.2, -0.15) is 0 Å². The summed E-state index contributed by atoms with van der Waals surface area (Å²) in [5.41, 5.74) is -10.1. The van der Waals surface area contributed by atoms with E-state index in [0.29, 0.717) is 0 Å². The lowest BCUT2D eigenvalue weighted by molar-refractivity contribution is -0.386. The molecule has 1 saturated heterocycles. The summed E-state index contributed by atoms with van der Waals surface area (Å²) < 4.78 is 48.6. The van der Waals surface area contributed by atoms with Crippen LogP contribution >= 0.6 is 0 Å². The van der Waals surface area contributed by atoms with Crippen LogP contribution in [0, 0.1) is 17.3 Å². The van der Waals surface area contributed by atoms with Crippen molar-refractivity contribution in [2.75, 3.05) is 13.2 Å². The minimum Gasteiger partial charge on any atom is -0.465 e. The first kappa shape index (κ1) is 43.1. The molecule has 13 atom stereocenters. The van der Waals surface area contributed by atoms with Gasteiger partial charge < -0.3 is 48.1 Å². The van der Waals surface area contributed by atoms with Crippen LogP contribution in [0.15, 0.2) is 48.7 Å². The van der Waals surface area contributed by atoms with E-state index in [9.17, 15) is 43.8 Å². The van der Waals surface area contributed by atoms with E-state index in [1.165, 1.54) is 44.3 Å². The Bertz CT molecular complexity index is 2040. The SMILES string of the molecule is CC(=O)OC[C@]12[C@H](OC(C)=O)[C@@H](OC(=O)c3ccccc3)[C@@H]3[C@@H](O)[C@@]14O[C@@]3(C)COC(=O)c1cccnc1[C@@H](C)[C@@H](C)C(=O)O[C@@H]([C@H](OC(C)=O)[C@@H]2OC(C)=O)[C@]4(C)O. The van der Waals surface area contributed by atoms with Gasteiger partial charge in [-0.3, -0.25) is 29.0 Å². The van der Waals surface area contributed by atoms with E-state index in [1.54, 1.807) is 25.1 Å². The lowest BCUT2D eigenvalue weighted by Crippen LogP contribution is -2.89. The first-order valence-electron chi connectivity index (χ1n) is 19.0. The molecule has 3 fully saturated rings. The Kier molecular flexibility index (Phi) is 11.4. The average molecular weight is 826 g/mol. The third kappa shape index (κ3) is 6.89. The van der Waals surface area contributed by atoms with Gasteiger partial charge in [-0.25, -0.2) is 9.59 Å². The van der Waals surface area contributed by atoms with Gasteiger partial charge in [-0.15, -0.1) is 0 Å². The highest BCUT2D eigenvalue weighted by Gasteiger charge is 2.91. The number of hydrogen-bond donors (Lipinski definition) is 2. The van der Waals surface area contributed by atoms with E-state index >= 15 is 0 Å². The fraction of sp³-hybridized carbons (Fsp3) is 0.561. The van der Waals surface area contributed by atoms with Crippen molar-refractivity contribution in [2.45, 2.75) is 115 Å². The number of aromatic nitrogens is 1. The monoisotopic (exact) mass is 825 g/mol. The molecule has 2 aliphatic heterocycles. The first-order chi connectivity index (χ1) is 27.6. The van der Waals surface area contributed by atoms with Crippen LogP contribution in [0.25, 0.3) is 0 Å². The number of ether oxygens (including phenoxy) is 8. The molecule has 4 aliphatic rings. The number of benzene rings is 1. The summed E-state index contributed by atoms with van der Waals surface area (Å²) in [6, 6.07) is 10.5. The number of hydrogen-bond acceptors (Lipinski definition) is 18.